The van der Waals surface area contributed by atoms with Gasteiger partial charge in [-0.15, -0.1) is 0 Å². The van der Waals surface area contributed by atoms with E-state index in [4.69, 9.17) is 5.73 Å². The third-order valence-electron chi connectivity index (χ3n) is 1.75. The van der Waals surface area contributed by atoms with Gasteiger partial charge in [-0.25, -0.2) is 0 Å². The number of halogens is 3. The van der Waals surface area contributed by atoms with E-state index in [9.17, 15) is 18.0 Å². The summed E-state index contributed by atoms with van der Waals surface area (Å²) in [4.78, 5) is 10.5. The number of anilines is 1. The lowest BCUT2D eigenvalue weighted by Crippen LogP contribution is -2.36. The third-order valence-corrected chi connectivity index (χ3v) is 1.75. The van der Waals surface area contributed by atoms with Crippen LogP contribution in [0.3, 0.4) is 0 Å². The molecule has 1 aromatic carbocycles. The number of nitrogens with one attached hydrogen (secondary N) is 1. The second-order valence-corrected chi connectivity index (χ2v) is 2.88. The van der Waals surface area contributed by atoms with E-state index < -0.39 is 12.1 Å². The van der Waals surface area contributed by atoms with E-state index in [1.165, 1.54) is 0 Å². The van der Waals surface area contributed by atoms with E-state index in [0.717, 1.165) is 0 Å². The van der Waals surface area contributed by atoms with Gasteiger partial charge in [0.15, 0.2) is 0 Å². The summed E-state index contributed by atoms with van der Waals surface area (Å²) in [5, 5.41) is 1.74. The third kappa shape index (κ3) is 3.16. The van der Waals surface area contributed by atoms with Crippen molar-refractivity contribution in [1.29, 1.82) is 0 Å². The normalized spacial score (nSPS) is 11.1. The average Bonchev–Trinajstić information content (AvgIpc) is 2.14. The van der Waals surface area contributed by atoms with Crippen molar-refractivity contribution in [2.24, 2.45) is 0 Å². The number of amides is 1. The van der Waals surface area contributed by atoms with Gasteiger partial charge in [0.05, 0.1) is 0 Å². The smallest absolute Gasteiger partial charge is 0.398 e. The maximum atomic E-state index is 11.8. The number of benzene rings is 1. The Kier molecular flexibility index (Phi) is 3.18. The number of alkyl halides is 3. The molecule has 1 rings (SSSR count). The van der Waals surface area contributed by atoms with Crippen LogP contribution in [0, 0.1) is 0 Å². The minimum atomic E-state index is -4.86. The Morgan fingerprint density at radius 3 is 2.47 bits per heavy atom. The van der Waals surface area contributed by atoms with Crippen molar-refractivity contribution < 1.29 is 18.0 Å². The van der Waals surface area contributed by atoms with Gasteiger partial charge in [0, 0.05) is 12.2 Å². The molecule has 0 radical (unpaired) electrons. The van der Waals surface area contributed by atoms with Crippen LogP contribution in [-0.2, 0) is 11.3 Å². The van der Waals surface area contributed by atoms with Gasteiger partial charge in [0.2, 0.25) is 0 Å². The average molecular weight is 218 g/mol. The summed E-state index contributed by atoms with van der Waals surface area (Å²) < 4.78 is 35.4. The summed E-state index contributed by atoms with van der Waals surface area (Å²) >= 11 is 0. The number of nitrogen functional groups attached to an aromatic ring is 1. The van der Waals surface area contributed by atoms with E-state index >= 15 is 0 Å². The highest BCUT2D eigenvalue weighted by molar-refractivity contribution is 5.81. The predicted octanol–water partition coefficient (Wildman–Crippen LogP) is 1.45. The van der Waals surface area contributed by atoms with E-state index in [0.29, 0.717) is 11.3 Å². The number of carbonyl (C=O) groups excluding carboxylic acids is 1. The maximum Gasteiger partial charge on any atom is 0.471 e. The summed E-state index contributed by atoms with van der Waals surface area (Å²) in [6.45, 7) is -0.231. The molecule has 0 unspecified atom stereocenters. The van der Waals surface area contributed by atoms with E-state index in [-0.39, 0.29) is 6.54 Å². The van der Waals surface area contributed by atoms with E-state index in [1.54, 1.807) is 29.6 Å². The summed E-state index contributed by atoms with van der Waals surface area (Å²) in [5.74, 6) is -1.97. The molecule has 82 valence electrons. The molecule has 3 N–H and O–H groups in total. The van der Waals surface area contributed by atoms with Crippen LogP contribution in [0.15, 0.2) is 24.3 Å². The molecule has 0 heterocycles. The van der Waals surface area contributed by atoms with Gasteiger partial charge in [-0.3, -0.25) is 4.79 Å². The second kappa shape index (κ2) is 4.20. The van der Waals surface area contributed by atoms with Crippen LogP contribution >= 0.6 is 0 Å². The fourth-order valence-corrected chi connectivity index (χ4v) is 0.971. The molecule has 0 saturated heterocycles. The van der Waals surface area contributed by atoms with Crippen molar-refractivity contribution >= 4 is 11.6 Å². The molecule has 0 aromatic heterocycles. The van der Waals surface area contributed by atoms with E-state index in [2.05, 4.69) is 0 Å². The quantitative estimate of drug-likeness (QED) is 0.738. The summed E-state index contributed by atoms with van der Waals surface area (Å²) in [5.41, 5.74) is 6.28. The molecule has 0 fully saturated rings. The summed E-state index contributed by atoms with van der Waals surface area (Å²) in [6, 6.07) is 6.39. The number of carbonyl (C=O) groups is 1. The lowest BCUT2D eigenvalue weighted by molar-refractivity contribution is -0.173. The minimum absolute atomic E-state index is 0.231. The Morgan fingerprint density at radius 1 is 1.33 bits per heavy atom. The number of hydrogen-bond acceptors (Lipinski definition) is 2. The molecular weight excluding hydrogens is 209 g/mol. The van der Waals surface area contributed by atoms with Crippen LogP contribution in [0.5, 0.6) is 0 Å². The highest BCUT2D eigenvalue weighted by atomic mass is 19.4. The van der Waals surface area contributed by atoms with Gasteiger partial charge in [0.25, 0.3) is 0 Å². The topological polar surface area (TPSA) is 55.1 Å². The molecule has 1 aromatic rings. The highest BCUT2D eigenvalue weighted by Gasteiger charge is 2.38. The van der Waals surface area contributed by atoms with Crippen LogP contribution in [0.2, 0.25) is 0 Å². The van der Waals surface area contributed by atoms with Gasteiger partial charge in [-0.1, -0.05) is 18.2 Å². The Hall–Kier alpha value is -1.72. The molecule has 0 bridgehead atoms. The molecule has 0 saturated carbocycles. The second-order valence-electron chi connectivity index (χ2n) is 2.88. The van der Waals surface area contributed by atoms with Crippen molar-refractivity contribution in [3.63, 3.8) is 0 Å². The van der Waals surface area contributed by atoms with Crippen molar-refractivity contribution in [2.75, 3.05) is 5.73 Å². The van der Waals surface area contributed by atoms with Crippen LogP contribution in [-0.4, -0.2) is 12.1 Å². The first-order chi connectivity index (χ1) is 6.91. The molecule has 3 nitrogen and oxygen atoms in total. The molecule has 0 aliphatic heterocycles. The van der Waals surface area contributed by atoms with Gasteiger partial charge < -0.3 is 11.1 Å². The molecule has 1 amide bonds. The Morgan fingerprint density at radius 2 is 1.93 bits per heavy atom. The Bertz CT molecular complexity index is 363. The van der Waals surface area contributed by atoms with Gasteiger partial charge in [-0.05, 0) is 11.6 Å². The zero-order valence-corrected chi connectivity index (χ0v) is 7.64. The molecule has 0 aliphatic carbocycles. The molecule has 0 atom stereocenters. The van der Waals surface area contributed by atoms with Gasteiger partial charge in [-0.2, -0.15) is 13.2 Å². The van der Waals surface area contributed by atoms with Crippen LogP contribution in [0.4, 0.5) is 18.9 Å². The minimum Gasteiger partial charge on any atom is -0.398 e. The largest absolute Gasteiger partial charge is 0.471 e. The fraction of sp³-hybridized carbons (Fsp3) is 0.222. The Balaban J connectivity index is 2.59. The number of nitrogens with two attached hydrogens (primary N) is 1. The standard InChI is InChI=1S/C9H9F3N2O/c10-9(11,12)8(15)14-5-6-3-1-2-4-7(6)13/h1-4H,5,13H2,(H,14,15). The zero-order chi connectivity index (χ0) is 11.5. The molecule has 0 aliphatic rings. The Labute approximate surface area is 84.1 Å². The number of rotatable bonds is 2. The molecule has 0 spiro atoms. The van der Waals surface area contributed by atoms with Gasteiger partial charge >= 0.3 is 12.1 Å². The van der Waals surface area contributed by atoms with Crippen LogP contribution in [0.25, 0.3) is 0 Å². The van der Waals surface area contributed by atoms with Crippen LogP contribution < -0.4 is 11.1 Å². The first-order valence-corrected chi connectivity index (χ1v) is 4.09. The van der Waals surface area contributed by atoms with Crippen molar-refractivity contribution in [3.8, 4) is 0 Å². The van der Waals surface area contributed by atoms with Crippen molar-refractivity contribution in [1.82, 2.24) is 5.32 Å². The lowest BCUT2D eigenvalue weighted by Gasteiger charge is -2.09. The SMILES string of the molecule is Nc1ccccc1CNC(=O)C(F)(F)F. The number of hydrogen-bond donors (Lipinski definition) is 2. The predicted molar refractivity (Wildman–Crippen MR) is 48.8 cm³/mol. The monoisotopic (exact) mass is 218 g/mol. The summed E-state index contributed by atoms with van der Waals surface area (Å²) in [6.07, 6.45) is -4.86. The van der Waals surface area contributed by atoms with E-state index in [1.807, 2.05) is 0 Å². The molecular formula is C9H9F3N2O. The number of para-hydroxylation sites is 1. The van der Waals surface area contributed by atoms with Gasteiger partial charge in [0.1, 0.15) is 0 Å². The lowest BCUT2D eigenvalue weighted by atomic mass is 10.2. The fourth-order valence-electron chi connectivity index (χ4n) is 0.971. The first kappa shape index (κ1) is 11.4. The molecule has 6 heteroatoms. The first-order valence-electron chi connectivity index (χ1n) is 4.09. The highest BCUT2D eigenvalue weighted by Crippen LogP contribution is 2.15. The van der Waals surface area contributed by atoms with Crippen molar-refractivity contribution in [3.05, 3.63) is 29.8 Å². The van der Waals surface area contributed by atoms with Crippen molar-refractivity contribution in [2.45, 2.75) is 12.7 Å². The summed E-state index contributed by atoms with van der Waals surface area (Å²) in [7, 11) is 0. The van der Waals surface area contributed by atoms with Crippen LogP contribution in [0.1, 0.15) is 5.56 Å². The maximum absolute atomic E-state index is 11.8. The molecule has 15 heavy (non-hydrogen) atoms. The zero-order valence-electron chi connectivity index (χ0n) is 7.64.